The van der Waals surface area contributed by atoms with Crippen molar-refractivity contribution in [2.75, 3.05) is 0 Å². The first-order valence-electron chi connectivity index (χ1n) is 5.79. The summed E-state index contributed by atoms with van der Waals surface area (Å²) in [5.41, 5.74) is 1.09. The van der Waals surface area contributed by atoms with Gasteiger partial charge in [0, 0.05) is 11.9 Å². The predicted molar refractivity (Wildman–Crippen MR) is 73.3 cm³/mol. The minimum atomic E-state index is -0.354. The summed E-state index contributed by atoms with van der Waals surface area (Å²) in [5.74, 6) is 1.57. The van der Waals surface area contributed by atoms with E-state index < -0.39 is 0 Å². The third-order valence-corrected chi connectivity index (χ3v) is 2.75. The summed E-state index contributed by atoms with van der Waals surface area (Å²) < 4.78 is 11.4. The van der Waals surface area contributed by atoms with Gasteiger partial charge in [0.2, 0.25) is 6.29 Å². The normalized spacial score (nSPS) is 11.9. The fraction of sp³-hybridized carbons (Fsp3) is 0.200. The van der Waals surface area contributed by atoms with Crippen LogP contribution in [0.3, 0.4) is 0 Å². The van der Waals surface area contributed by atoms with Gasteiger partial charge >= 0.3 is 0 Å². The Morgan fingerprint density at radius 2 is 1.61 bits per heavy atom. The molecule has 0 N–H and O–H groups in total. The molecule has 0 heterocycles. The van der Waals surface area contributed by atoms with Gasteiger partial charge in [0.25, 0.3) is 0 Å². The van der Waals surface area contributed by atoms with Crippen LogP contribution in [0.2, 0.25) is 5.02 Å². The number of hydrogen-bond donors (Lipinski definition) is 0. The van der Waals surface area contributed by atoms with Crippen LogP contribution in [-0.4, -0.2) is 6.29 Å². The molecule has 0 aliphatic heterocycles. The fourth-order valence-corrected chi connectivity index (χ4v) is 1.72. The lowest BCUT2D eigenvalue weighted by Gasteiger charge is -2.17. The standard InChI is InChI=1S/C15H15ClO2/c1-11-5-3-4-6-15(11)18-12(2)17-14-9-7-13(16)8-10-14/h3-10,12H,1-2H3. The number of aryl methyl sites for hydroxylation is 1. The van der Waals surface area contributed by atoms with Crippen LogP contribution in [0.15, 0.2) is 48.5 Å². The van der Waals surface area contributed by atoms with Crippen molar-refractivity contribution < 1.29 is 9.47 Å². The van der Waals surface area contributed by atoms with E-state index in [-0.39, 0.29) is 6.29 Å². The summed E-state index contributed by atoms with van der Waals surface area (Å²) in [5, 5.41) is 0.690. The molecule has 3 heteroatoms. The molecule has 0 aliphatic carbocycles. The smallest absolute Gasteiger partial charge is 0.238 e. The molecule has 2 rings (SSSR count). The average Bonchev–Trinajstić information content (AvgIpc) is 2.35. The second kappa shape index (κ2) is 5.78. The highest BCUT2D eigenvalue weighted by atomic mass is 35.5. The number of hydrogen-bond acceptors (Lipinski definition) is 2. The Balaban J connectivity index is 1.99. The topological polar surface area (TPSA) is 18.5 Å². The molecule has 0 aliphatic rings. The van der Waals surface area contributed by atoms with Crippen molar-refractivity contribution in [2.45, 2.75) is 20.1 Å². The molecule has 1 unspecified atom stereocenters. The molecular formula is C15H15ClO2. The van der Waals surface area contributed by atoms with Crippen molar-refractivity contribution in [3.05, 3.63) is 59.1 Å². The molecule has 0 spiro atoms. The molecule has 0 bridgehead atoms. The van der Waals surface area contributed by atoms with Crippen molar-refractivity contribution in [3.63, 3.8) is 0 Å². The van der Waals surface area contributed by atoms with Crippen LogP contribution in [0.4, 0.5) is 0 Å². The van der Waals surface area contributed by atoms with Crippen molar-refractivity contribution in [1.82, 2.24) is 0 Å². The summed E-state index contributed by atoms with van der Waals surface area (Å²) in [6.07, 6.45) is -0.354. The second-order valence-electron chi connectivity index (χ2n) is 4.02. The molecule has 0 radical (unpaired) electrons. The van der Waals surface area contributed by atoms with Gasteiger partial charge in [-0.15, -0.1) is 0 Å². The van der Waals surface area contributed by atoms with Gasteiger partial charge in [0.05, 0.1) is 0 Å². The Bertz CT molecular complexity index is 508. The molecule has 2 aromatic rings. The van der Waals surface area contributed by atoms with Crippen LogP contribution < -0.4 is 9.47 Å². The highest BCUT2D eigenvalue weighted by Crippen LogP contribution is 2.20. The van der Waals surface area contributed by atoms with Gasteiger partial charge in [0.1, 0.15) is 11.5 Å². The van der Waals surface area contributed by atoms with E-state index in [0.717, 1.165) is 17.1 Å². The van der Waals surface area contributed by atoms with E-state index in [1.165, 1.54) is 0 Å². The first-order chi connectivity index (χ1) is 8.65. The Morgan fingerprint density at radius 1 is 0.944 bits per heavy atom. The monoisotopic (exact) mass is 262 g/mol. The molecule has 2 aromatic carbocycles. The summed E-state index contributed by atoms with van der Waals surface area (Å²) in [6, 6.07) is 15.1. The van der Waals surface area contributed by atoms with Gasteiger partial charge in [-0.05, 0) is 42.8 Å². The number of para-hydroxylation sites is 1. The molecule has 0 aromatic heterocycles. The molecule has 0 saturated carbocycles. The van der Waals surface area contributed by atoms with E-state index >= 15 is 0 Å². The van der Waals surface area contributed by atoms with Crippen LogP contribution in [0.1, 0.15) is 12.5 Å². The zero-order valence-corrected chi connectivity index (χ0v) is 11.1. The lowest BCUT2D eigenvalue weighted by molar-refractivity contribution is 0.0218. The van der Waals surface area contributed by atoms with Crippen molar-refractivity contribution in [1.29, 1.82) is 0 Å². The maximum Gasteiger partial charge on any atom is 0.238 e. The third kappa shape index (κ3) is 3.41. The average molecular weight is 263 g/mol. The van der Waals surface area contributed by atoms with E-state index in [4.69, 9.17) is 21.1 Å². The van der Waals surface area contributed by atoms with Crippen molar-refractivity contribution >= 4 is 11.6 Å². The van der Waals surface area contributed by atoms with E-state index in [9.17, 15) is 0 Å². The van der Waals surface area contributed by atoms with Crippen molar-refractivity contribution in [2.24, 2.45) is 0 Å². The SMILES string of the molecule is Cc1ccccc1OC(C)Oc1ccc(Cl)cc1. The maximum atomic E-state index is 5.81. The predicted octanol–water partition coefficient (Wildman–Crippen LogP) is 4.45. The quantitative estimate of drug-likeness (QED) is 0.758. The third-order valence-electron chi connectivity index (χ3n) is 2.50. The lowest BCUT2D eigenvalue weighted by Crippen LogP contribution is -2.19. The Morgan fingerprint density at radius 3 is 2.28 bits per heavy atom. The molecular weight excluding hydrogens is 248 g/mol. The summed E-state index contributed by atoms with van der Waals surface area (Å²) in [7, 11) is 0. The number of ether oxygens (including phenoxy) is 2. The fourth-order valence-electron chi connectivity index (χ4n) is 1.60. The van der Waals surface area contributed by atoms with E-state index in [2.05, 4.69) is 0 Å². The largest absolute Gasteiger partial charge is 0.455 e. The highest BCUT2D eigenvalue weighted by Gasteiger charge is 2.07. The van der Waals surface area contributed by atoms with Gasteiger partial charge < -0.3 is 9.47 Å². The lowest BCUT2D eigenvalue weighted by atomic mass is 10.2. The summed E-state index contributed by atoms with van der Waals surface area (Å²) >= 11 is 5.81. The van der Waals surface area contributed by atoms with Gasteiger partial charge in [0.15, 0.2) is 0 Å². The second-order valence-corrected chi connectivity index (χ2v) is 4.46. The summed E-state index contributed by atoms with van der Waals surface area (Å²) in [6.45, 7) is 3.87. The van der Waals surface area contributed by atoms with Gasteiger partial charge in [-0.2, -0.15) is 0 Å². The molecule has 0 fully saturated rings. The number of halogens is 1. The first-order valence-corrected chi connectivity index (χ1v) is 6.17. The maximum absolute atomic E-state index is 5.81. The molecule has 94 valence electrons. The molecule has 0 amide bonds. The van der Waals surface area contributed by atoms with Crippen LogP contribution in [0.25, 0.3) is 0 Å². The van der Waals surface area contributed by atoms with Crippen LogP contribution >= 0.6 is 11.6 Å². The Hall–Kier alpha value is -1.67. The molecule has 1 atom stereocenters. The number of rotatable bonds is 4. The van der Waals surface area contributed by atoms with Crippen LogP contribution in [-0.2, 0) is 0 Å². The van der Waals surface area contributed by atoms with Crippen molar-refractivity contribution in [3.8, 4) is 11.5 Å². The molecule has 0 saturated heterocycles. The molecule has 2 nitrogen and oxygen atoms in total. The van der Waals surface area contributed by atoms with E-state index in [0.29, 0.717) is 5.02 Å². The van der Waals surface area contributed by atoms with Gasteiger partial charge in [-0.1, -0.05) is 29.8 Å². The zero-order valence-electron chi connectivity index (χ0n) is 10.4. The van der Waals surface area contributed by atoms with E-state index in [1.54, 1.807) is 12.1 Å². The molecule has 18 heavy (non-hydrogen) atoms. The van der Waals surface area contributed by atoms with Crippen LogP contribution in [0, 0.1) is 6.92 Å². The van der Waals surface area contributed by atoms with Gasteiger partial charge in [-0.3, -0.25) is 0 Å². The zero-order chi connectivity index (χ0) is 13.0. The Kier molecular flexibility index (Phi) is 4.11. The minimum Gasteiger partial charge on any atom is -0.455 e. The first kappa shape index (κ1) is 12.8. The van der Waals surface area contributed by atoms with E-state index in [1.807, 2.05) is 50.2 Å². The van der Waals surface area contributed by atoms with Gasteiger partial charge in [-0.25, -0.2) is 0 Å². The Labute approximate surface area is 112 Å². The summed E-state index contributed by atoms with van der Waals surface area (Å²) in [4.78, 5) is 0. The van der Waals surface area contributed by atoms with Crippen LogP contribution in [0.5, 0.6) is 11.5 Å². The minimum absolute atomic E-state index is 0.354. The highest BCUT2D eigenvalue weighted by molar-refractivity contribution is 6.30. The number of benzene rings is 2.